The van der Waals surface area contributed by atoms with Crippen molar-refractivity contribution in [2.24, 2.45) is 0 Å². The predicted molar refractivity (Wildman–Crippen MR) is 127 cm³/mol. The quantitative estimate of drug-likeness (QED) is 0.604. The standard InChI is InChI=1S/C25H28N4O3/c1-6-23(30)27-22-14-19(8-7-17(22)4)21-9-10-24(31)29(28-21)18(5)25(32)26-20-12-15(2)11-16(3)13-20/h7-14,18H,6H2,1-5H3,(H,26,32)(H,27,30). The molecule has 1 heterocycles. The van der Waals surface area contributed by atoms with Gasteiger partial charge in [0.05, 0.1) is 5.69 Å². The van der Waals surface area contributed by atoms with Crippen LogP contribution < -0.4 is 16.2 Å². The Kier molecular flexibility index (Phi) is 6.88. The first-order chi connectivity index (χ1) is 15.2. The number of aromatic nitrogens is 2. The molecule has 0 saturated heterocycles. The van der Waals surface area contributed by atoms with Crippen molar-refractivity contribution >= 4 is 23.2 Å². The maximum Gasteiger partial charge on any atom is 0.267 e. The molecule has 32 heavy (non-hydrogen) atoms. The summed E-state index contributed by atoms with van der Waals surface area (Å²) < 4.78 is 1.18. The van der Waals surface area contributed by atoms with E-state index in [9.17, 15) is 14.4 Å². The van der Waals surface area contributed by atoms with Crippen LogP contribution in [-0.2, 0) is 9.59 Å². The lowest BCUT2D eigenvalue weighted by molar-refractivity contribution is -0.119. The van der Waals surface area contributed by atoms with E-state index in [-0.39, 0.29) is 17.4 Å². The molecule has 0 aliphatic carbocycles. The number of carbonyl (C=O) groups excluding carboxylic acids is 2. The van der Waals surface area contributed by atoms with Crippen molar-refractivity contribution in [1.29, 1.82) is 0 Å². The van der Waals surface area contributed by atoms with E-state index in [4.69, 9.17) is 0 Å². The predicted octanol–water partition coefficient (Wildman–Crippen LogP) is 4.38. The second-order valence-electron chi connectivity index (χ2n) is 7.97. The number of hydrogen-bond acceptors (Lipinski definition) is 4. The number of benzene rings is 2. The third-order valence-electron chi connectivity index (χ3n) is 5.19. The van der Waals surface area contributed by atoms with Gasteiger partial charge in [0.15, 0.2) is 0 Å². The monoisotopic (exact) mass is 432 g/mol. The SMILES string of the molecule is CCC(=O)Nc1cc(-c2ccc(=O)n(C(C)C(=O)Nc3cc(C)cc(C)c3)n2)ccc1C. The zero-order valence-corrected chi connectivity index (χ0v) is 19.0. The minimum atomic E-state index is -0.812. The second kappa shape index (κ2) is 9.60. The van der Waals surface area contributed by atoms with Gasteiger partial charge in [0, 0.05) is 29.4 Å². The summed E-state index contributed by atoms with van der Waals surface area (Å²) in [6, 6.07) is 13.5. The van der Waals surface area contributed by atoms with Crippen molar-refractivity contribution < 1.29 is 9.59 Å². The highest BCUT2D eigenvalue weighted by molar-refractivity contribution is 5.93. The van der Waals surface area contributed by atoms with Gasteiger partial charge in [-0.25, -0.2) is 4.68 Å². The molecule has 0 bridgehead atoms. The fourth-order valence-electron chi connectivity index (χ4n) is 3.42. The Morgan fingerprint density at radius 1 is 0.969 bits per heavy atom. The lowest BCUT2D eigenvalue weighted by Gasteiger charge is -2.16. The van der Waals surface area contributed by atoms with E-state index in [2.05, 4.69) is 15.7 Å². The van der Waals surface area contributed by atoms with Gasteiger partial charge in [-0.05, 0) is 68.7 Å². The van der Waals surface area contributed by atoms with Crippen LogP contribution in [0.15, 0.2) is 53.3 Å². The van der Waals surface area contributed by atoms with Crippen LogP contribution in [0.5, 0.6) is 0 Å². The topological polar surface area (TPSA) is 93.1 Å². The summed E-state index contributed by atoms with van der Waals surface area (Å²) >= 11 is 0. The van der Waals surface area contributed by atoms with Crippen LogP contribution in [0.3, 0.4) is 0 Å². The fourth-order valence-corrected chi connectivity index (χ4v) is 3.42. The summed E-state index contributed by atoms with van der Waals surface area (Å²) in [6.45, 7) is 9.25. The first-order valence-corrected chi connectivity index (χ1v) is 10.6. The molecule has 0 saturated carbocycles. The summed E-state index contributed by atoms with van der Waals surface area (Å²) in [5.41, 5.74) is 5.26. The van der Waals surface area contributed by atoms with Gasteiger partial charge in [0.1, 0.15) is 6.04 Å². The van der Waals surface area contributed by atoms with Crippen LogP contribution in [0, 0.1) is 20.8 Å². The van der Waals surface area contributed by atoms with E-state index in [1.165, 1.54) is 10.7 Å². The van der Waals surface area contributed by atoms with Gasteiger partial charge in [0.25, 0.3) is 5.56 Å². The summed E-state index contributed by atoms with van der Waals surface area (Å²) in [6.07, 6.45) is 0.375. The van der Waals surface area contributed by atoms with Crippen molar-refractivity contribution in [3.05, 3.63) is 75.6 Å². The maximum atomic E-state index is 12.8. The number of hydrogen-bond donors (Lipinski definition) is 2. The van der Waals surface area contributed by atoms with E-state index in [0.29, 0.717) is 23.5 Å². The Labute approximate surface area is 187 Å². The average molecular weight is 433 g/mol. The van der Waals surface area contributed by atoms with Gasteiger partial charge in [-0.1, -0.05) is 25.1 Å². The second-order valence-corrected chi connectivity index (χ2v) is 7.97. The minimum Gasteiger partial charge on any atom is -0.326 e. The first-order valence-electron chi connectivity index (χ1n) is 10.6. The van der Waals surface area contributed by atoms with Gasteiger partial charge in [-0.15, -0.1) is 0 Å². The molecule has 2 amide bonds. The summed E-state index contributed by atoms with van der Waals surface area (Å²) in [5, 5.41) is 10.2. The number of aryl methyl sites for hydroxylation is 3. The molecule has 0 spiro atoms. The van der Waals surface area contributed by atoms with Crippen molar-refractivity contribution in [1.82, 2.24) is 9.78 Å². The first kappa shape index (κ1) is 22.9. The van der Waals surface area contributed by atoms with E-state index in [0.717, 1.165) is 22.3 Å². The van der Waals surface area contributed by atoms with E-state index in [1.807, 2.05) is 57.2 Å². The van der Waals surface area contributed by atoms with Gasteiger partial charge in [0.2, 0.25) is 11.8 Å². The molecule has 3 aromatic rings. The Balaban J connectivity index is 1.90. The molecular weight excluding hydrogens is 404 g/mol. The third kappa shape index (κ3) is 5.29. The number of nitrogens with zero attached hydrogens (tertiary/aromatic N) is 2. The molecule has 1 unspecified atom stereocenters. The summed E-state index contributed by atoms with van der Waals surface area (Å²) in [5.74, 6) is -0.415. The summed E-state index contributed by atoms with van der Waals surface area (Å²) in [4.78, 5) is 37.1. The van der Waals surface area contributed by atoms with Crippen LogP contribution in [-0.4, -0.2) is 21.6 Å². The number of carbonyl (C=O) groups is 2. The van der Waals surface area contributed by atoms with Crippen molar-refractivity contribution in [3.63, 3.8) is 0 Å². The van der Waals surface area contributed by atoms with E-state index >= 15 is 0 Å². The highest BCUT2D eigenvalue weighted by Crippen LogP contribution is 2.24. The van der Waals surface area contributed by atoms with E-state index in [1.54, 1.807) is 19.9 Å². The highest BCUT2D eigenvalue weighted by atomic mass is 16.2. The highest BCUT2D eigenvalue weighted by Gasteiger charge is 2.19. The molecule has 0 aliphatic heterocycles. The van der Waals surface area contributed by atoms with Gasteiger partial charge < -0.3 is 10.6 Å². The van der Waals surface area contributed by atoms with Crippen molar-refractivity contribution in [2.45, 2.75) is 47.1 Å². The molecular formula is C25H28N4O3. The van der Waals surface area contributed by atoms with Crippen LogP contribution in [0.1, 0.15) is 43.0 Å². The molecule has 2 aromatic carbocycles. The fraction of sp³-hybridized carbons (Fsp3) is 0.280. The molecule has 166 valence electrons. The molecule has 7 nitrogen and oxygen atoms in total. The largest absolute Gasteiger partial charge is 0.326 e. The summed E-state index contributed by atoms with van der Waals surface area (Å²) in [7, 11) is 0. The number of anilines is 2. The molecule has 2 N–H and O–H groups in total. The van der Waals surface area contributed by atoms with Gasteiger partial charge in [-0.3, -0.25) is 14.4 Å². The van der Waals surface area contributed by atoms with Crippen LogP contribution >= 0.6 is 0 Å². The zero-order chi connectivity index (χ0) is 23.4. The Morgan fingerprint density at radius 3 is 2.31 bits per heavy atom. The van der Waals surface area contributed by atoms with E-state index < -0.39 is 6.04 Å². The van der Waals surface area contributed by atoms with Gasteiger partial charge >= 0.3 is 0 Å². The Hall–Kier alpha value is -3.74. The molecule has 0 radical (unpaired) electrons. The van der Waals surface area contributed by atoms with Crippen LogP contribution in [0.25, 0.3) is 11.3 Å². The van der Waals surface area contributed by atoms with Crippen molar-refractivity contribution in [3.8, 4) is 11.3 Å². The lowest BCUT2D eigenvalue weighted by Crippen LogP contribution is -2.33. The molecule has 0 fully saturated rings. The number of rotatable bonds is 6. The lowest BCUT2D eigenvalue weighted by atomic mass is 10.1. The molecule has 1 atom stereocenters. The van der Waals surface area contributed by atoms with Gasteiger partial charge in [-0.2, -0.15) is 5.10 Å². The molecule has 1 aromatic heterocycles. The molecule has 3 rings (SSSR count). The zero-order valence-electron chi connectivity index (χ0n) is 19.0. The maximum absolute atomic E-state index is 12.8. The minimum absolute atomic E-state index is 0.0835. The van der Waals surface area contributed by atoms with Crippen molar-refractivity contribution in [2.75, 3.05) is 10.6 Å². The Morgan fingerprint density at radius 2 is 1.66 bits per heavy atom. The number of amides is 2. The molecule has 0 aliphatic rings. The third-order valence-corrected chi connectivity index (χ3v) is 5.19. The van der Waals surface area contributed by atoms with Crippen LogP contribution in [0.2, 0.25) is 0 Å². The smallest absolute Gasteiger partial charge is 0.267 e. The Bertz CT molecular complexity index is 1210. The number of nitrogens with one attached hydrogen (secondary N) is 2. The van der Waals surface area contributed by atoms with Crippen LogP contribution in [0.4, 0.5) is 11.4 Å². The average Bonchev–Trinajstić information content (AvgIpc) is 2.74. The molecule has 7 heteroatoms. The normalized spacial score (nSPS) is 11.7.